The van der Waals surface area contributed by atoms with E-state index in [4.69, 9.17) is 0 Å². The minimum atomic E-state index is -0.547. The van der Waals surface area contributed by atoms with Crippen LogP contribution < -0.4 is 10.2 Å². The zero-order valence-electron chi connectivity index (χ0n) is 14.0. The molecule has 0 atom stereocenters. The highest BCUT2D eigenvalue weighted by atomic mass is 16.6. The van der Waals surface area contributed by atoms with Gasteiger partial charge in [0, 0.05) is 30.1 Å². The first kappa shape index (κ1) is 17.9. The van der Waals surface area contributed by atoms with Gasteiger partial charge < -0.3 is 10.1 Å². The van der Waals surface area contributed by atoms with E-state index in [1.807, 2.05) is 0 Å². The van der Waals surface area contributed by atoms with E-state index in [-0.39, 0.29) is 22.7 Å². The number of nitro groups is 1. The average molecular weight is 343 g/mol. The van der Waals surface area contributed by atoms with Crippen LogP contribution in [0.25, 0.3) is 0 Å². The van der Waals surface area contributed by atoms with Crippen LogP contribution in [-0.4, -0.2) is 31.0 Å². The zero-order chi connectivity index (χ0) is 18.6. The highest BCUT2D eigenvalue weighted by Gasteiger charge is 2.17. The van der Waals surface area contributed by atoms with Gasteiger partial charge in [0.05, 0.1) is 12.0 Å². The maximum Gasteiger partial charge on any atom is 0.413 e. The van der Waals surface area contributed by atoms with Crippen LogP contribution in [0.5, 0.6) is 0 Å². The second kappa shape index (κ2) is 7.43. The Morgan fingerprint density at radius 1 is 1.16 bits per heavy atom. The van der Waals surface area contributed by atoms with Crippen LogP contribution in [0.1, 0.15) is 17.3 Å². The Labute approximate surface area is 144 Å². The van der Waals surface area contributed by atoms with Crippen molar-refractivity contribution < 1.29 is 19.2 Å². The molecule has 8 nitrogen and oxygen atoms in total. The third-order valence-electron chi connectivity index (χ3n) is 3.58. The number of methoxy groups -OCH3 is 1. The molecular formula is C17H17N3O5. The second-order valence-corrected chi connectivity index (χ2v) is 5.25. The predicted octanol–water partition coefficient (Wildman–Crippen LogP) is 3.74. The lowest BCUT2D eigenvalue weighted by Crippen LogP contribution is -2.25. The lowest BCUT2D eigenvalue weighted by molar-refractivity contribution is -0.383. The topological polar surface area (TPSA) is 102 Å². The Balaban J connectivity index is 2.26. The van der Waals surface area contributed by atoms with Gasteiger partial charge in [0.25, 0.3) is 5.69 Å². The zero-order valence-corrected chi connectivity index (χ0v) is 14.0. The average Bonchev–Trinajstić information content (AvgIpc) is 2.61. The van der Waals surface area contributed by atoms with E-state index in [1.165, 1.54) is 37.1 Å². The van der Waals surface area contributed by atoms with Gasteiger partial charge in [0.1, 0.15) is 5.69 Å². The SMILES string of the molecule is COC(=O)N(C)c1ccc(Nc2ccc(C(C)=O)cc2[N+](=O)[O-])cc1. The van der Waals surface area contributed by atoms with Crippen molar-refractivity contribution >= 4 is 34.6 Å². The van der Waals surface area contributed by atoms with Crippen LogP contribution >= 0.6 is 0 Å². The van der Waals surface area contributed by atoms with Gasteiger partial charge in [-0.1, -0.05) is 0 Å². The first-order chi connectivity index (χ1) is 11.8. The quantitative estimate of drug-likeness (QED) is 0.504. The first-order valence-electron chi connectivity index (χ1n) is 7.31. The van der Waals surface area contributed by atoms with Gasteiger partial charge in [0.15, 0.2) is 5.78 Å². The number of ether oxygens (including phenoxy) is 1. The second-order valence-electron chi connectivity index (χ2n) is 5.25. The molecule has 25 heavy (non-hydrogen) atoms. The molecule has 130 valence electrons. The van der Waals surface area contributed by atoms with Crippen molar-refractivity contribution in [2.75, 3.05) is 24.4 Å². The van der Waals surface area contributed by atoms with E-state index in [0.717, 1.165) is 0 Å². The summed E-state index contributed by atoms with van der Waals surface area (Å²) in [5, 5.41) is 14.2. The number of carbonyl (C=O) groups excluding carboxylic acids is 2. The lowest BCUT2D eigenvalue weighted by atomic mass is 10.1. The monoisotopic (exact) mass is 343 g/mol. The van der Waals surface area contributed by atoms with E-state index in [1.54, 1.807) is 31.3 Å². The van der Waals surface area contributed by atoms with Crippen molar-refractivity contribution in [2.45, 2.75) is 6.92 Å². The van der Waals surface area contributed by atoms with Gasteiger partial charge in [-0.2, -0.15) is 0 Å². The van der Waals surface area contributed by atoms with Crippen LogP contribution in [-0.2, 0) is 4.74 Å². The molecule has 0 aromatic heterocycles. The molecular weight excluding hydrogens is 326 g/mol. The molecule has 0 saturated carbocycles. The molecule has 1 N–H and O–H groups in total. The normalized spacial score (nSPS) is 10.0. The maximum atomic E-state index is 11.5. The summed E-state index contributed by atoms with van der Waals surface area (Å²) < 4.78 is 4.63. The highest BCUT2D eigenvalue weighted by molar-refractivity contribution is 5.95. The molecule has 1 amide bonds. The van der Waals surface area contributed by atoms with Crippen LogP contribution in [0.3, 0.4) is 0 Å². The molecule has 0 aliphatic carbocycles. The number of ketones is 1. The molecule has 2 aromatic carbocycles. The molecule has 0 aliphatic rings. The van der Waals surface area contributed by atoms with Gasteiger partial charge in [-0.15, -0.1) is 0 Å². The van der Waals surface area contributed by atoms with E-state index >= 15 is 0 Å². The van der Waals surface area contributed by atoms with Crippen molar-refractivity contribution in [1.82, 2.24) is 0 Å². The Morgan fingerprint density at radius 3 is 2.32 bits per heavy atom. The summed E-state index contributed by atoms with van der Waals surface area (Å²) in [6, 6.07) is 11.0. The molecule has 0 spiro atoms. The van der Waals surface area contributed by atoms with Crippen molar-refractivity contribution in [3.63, 3.8) is 0 Å². The minimum absolute atomic E-state index is 0.191. The molecule has 0 aliphatic heterocycles. The van der Waals surface area contributed by atoms with Crippen LogP contribution in [0, 0.1) is 10.1 Å². The number of carbonyl (C=O) groups is 2. The fourth-order valence-corrected chi connectivity index (χ4v) is 2.17. The molecule has 0 unspecified atom stereocenters. The van der Waals surface area contributed by atoms with E-state index in [0.29, 0.717) is 11.4 Å². The number of benzene rings is 2. The number of nitrogens with one attached hydrogen (secondary N) is 1. The molecule has 0 radical (unpaired) electrons. The smallest absolute Gasteiger partial charge is 0.413 e. The van der Waals surface area contributed by atoms with Crippen LogP contribution in [0.4, 0.5) is 27.5 Å². The van der Waals surface area contributed by atoms with Gasteiger partial charge in [-0.3, -0.25) is 19.8 Å². The number of Topliss-reactive ketones (excluding diaryl/α,β-unsaturated/α-hetero) is 1. The number of hydrogen-bond donors (Lipinski definition) is 1. The number of hydrogen-bond acceptors (Lipinski definition) is 6. The molecule has 0 bridgehead atoms. The van der Waals surface area contributed by atoms with Crippen molar-refractivity contribution in [3.8, 4) is 0 Å². The van der Waals surface area contributed by atoms with E-state index in [9.17, 15) is 19.7 Å². The minimum Gasteiger partial charge on any atom is -0.452 e. The molecule has 0 saturated heterocycles. The first-order valence-corrected chi connectivity index (χ1v) is 7.31. The van der Waals surface area contributed by atoms with Crippen molar-refractivity contribution in [1.29, 1.82) is 0 Å². The molecule has 2 aromatic rings. The molecule has 0 fully saturated rings. The number of rotatable bonds is 5. The fourth-order valence-electron chi connectivity index (χ4n) is 2.17. The number of nitrogens with zero attached hydrogens (tertiary/aromatic N) is 2. The summed E-state index contributed by atoms with van der Waals surface area (Å²) in [7, 11) is 2.86. The summed E-state index contributed by atoms with van der Waals surface area (Å²) in [6.45, 7) is 1.35. The Bertz CT molecular complexity index is 818. The fraction of sp³-hybridized carbons (Fsp3) is 0.176. The van der Waals surface area contributed by atoms with E-state index < -0.39 is 11.0 Å². The number of anilines is 3. The summed E-state index contributed by atoms with van der Waals surface area (Å²) in [4.78, 5) is 34.9. The van der Waals surface area contributed by atoms with Gasteiger partial charge in [-0.05, 0) is 43.3 Å². The van der Waals surface area contributed by atoms with Gasteiger partial charge in [0.2, 0.25) is 0 Å². The van der Waals surface area contributed by atoms with Crippen molar-refractivity contribution in [2.24, 2.45) is 0 Å². The molecule has 8 heteroatoms. The Kier molecular flexibility index (Phi) is 5.33. The van der Waals surface area contributed by atoms with Gasteiger partial charge >= 0.3 is 6.09 Å². The van der Waals surface area contributed by atoms with Crippen LogP contribution in [0.15, 0.2) is 42.5 Å². The largest absolute Gasteiger partial charge is 0.452 e. The maximum absolute atomic E-state index is 11.5. The number of nitro benzene ring substituents is 1. The predicted molar refractivity (Wildman–Crippen MR) is 93.6 cm³/mol. The van der Waals surface area contributed by atoms with Crippen molar-refractivity contribution in [3.05, 3.63) is 58.1 Å². The third kappa shape index (κ3) is 4.11. The van der Waals surface area contributed by atoms with Gasteiger partial charge in [-0.25, -0.2) is 4.79 Å². The number of amides is 1. The Hall–Kier alpha value is -3.42. The lowest BCUT2D eigenvalue weighted by Gasteiger charge is -2.16. The third-order valence-corrected chi connectivity index (χ3v) is 3.58. The summed E-state index contributed by atoms with van der Waals surface area (Å²) in [5.41, 5.74) is 1.55. The highest BCUT2D eigenvalue weighted by Crippen LogP contribution is 2.29. The Morgan fingerprint density at radius 2 is 1.80 bits per heavy atom. The standard InChI is InChI=1S/C17H17N3O5/c1-11(21)12-4-9-15(16(10-12)20(23)24)18-13-5-7-14(8-6-13)19(2)17(22)25-3/h4-10,18H,1-3H3. The summed E-state index contributed by atoms with van der Waals surface area (Å²) in [6.07, 6.45) is -0.504. The van der Waals surface area contributed by atoms with E-state index in [2.05, 4.69) is 10.1 Å². The van der Waals surface area contributed by atoms with Crippen LogP contribution in [0.2, 0.25) is 0 Å². The molecule has 0 heterocycles. The molecule has 2 rings (SSSR count). The summed E-state index contributed by atoms with van der Waals surface area (Å²) in [5.74, 6) is -0.246. The summed E-state index contributed by atoms with van der Waals surface area (Å²) >= 11 is 0.